The van der Waals surface area contributed by atoms with Gasteiger partial charge < -0.3 is 15.1 Å². The summed E-state index contributed by atoms with van der Waals surface area (Å²) >= 11 is 5.96. The van der Waals surface area contributed by atoms with Crippen molar-refractivity contribution in [2.75, 3.05) is 30.9 Å². The summed E-state index contributed by atoms with van der Waals surface area (Å²) in [6.45, 7) is 0.672. The summed E-state index contributed by atoms with van der Waals surface area (Å²) in [5, 5.41) is 3.74. The first-order valence-electron chi connectivity index (χ1n) is 9.26. The van der Waals surface area contributed by atoms with E-state index in [1.807, 2.05) is 48.3 Å². The number of likely N-dealkylation sites (N-methyl/N-ethyl adjacent to an activating group) is 1. The number of rotatable bonds is 5. The van der Waals surface area contributed by atoms with Gasteiger partial charge in [-0.15, -0.1) is 0 Å². The predicted octanol–water partition coefficient (Wildman–Crippen LogP) is 4.60. The number of hydrogen-bond donors (Lipinski definition) is 1. The standard InChI is InChI=1S/C22H19ClFN5O/c1-28(2)10-3-4-20(30)27-18-7-8-19-21-15(18)9-11-29(22(21)26-13-25-19)14-5-6-17(24)16(23)12-14/h3-9,11-13H,10H2,1-2H3,(H,27,30)/b4-3+. The van der Waals surface area contributed by atoms with Crippen LogP contribution in [0.2, 0.25) is 5.02 Å². The number of nitrogens with one attached hydrogen (secondary N) is 1. The molecule has 30 heavy (non-hydrogen) atoms. The number of aromatic nitrogens is 2. The van der Waals surface area contributed by atoms with E-state index in [0.29, 0.717) is 23.7 Å². The highest BCUT2D eigenvalue weighted by Gasteiger charge is 2.21. The first kappa shape index (κ1) is 20.0. The zero-order valence-electron chi connectivity index (χ0n) is 16.4. The monoisotopic (exact) mass is 423 g/mol. The molecule has 6 nitrogen and oxygen atoms in total. The van der Waals surface area contributed by atoms with E-state index in [0.717, 1.165) is 16.5 Å². The van der Waals surface area contributed by atoms with E-state index >= 15 is 0 Å². The van der Waals surface area contributed by atoms with E-state index < -0.39 is 5.82 Å². The Hall–Kier alpha value is -3.29. The maximum Gasteiger partial charge on any atom is 0.248 e. The zero-order valence-corrected chi connectivity index (χ0v) is 17.2. The SMILES string of the molecule is CN(C)C/C=C/C(=O)Nc1ccc2ncnc3c2c1C=CN3c1ccc(F)c(Cl)c1. The Morgan fingerprint density at radius 2 is 2.10 bits per heavy atom. The van der Waals surface area contributed by atoms with Crippen molar-refractivity contribution >= 4 is 51.7 Å². The maximum atomic E-state index is 13.6. The van der Waals surface area contributed by atoms with E-state index in [1.165, 1.54) is 18.5 Å². The molecule has 4 rings (SSSR count). The molecule has 1 amide bonds. The minimum atomic E-state index is -0.484. The Balaban J connectivity index is 1.72. The lowest BCUT2D eigenvalue weighted by Crippen LogP contribution is -2.16. The van der Waals surface area contributed by atoms with Gasteiger partial charge in [-0.1, -0.05) is 17.7 Å². The lowest BCUT2D eigenvalue weighted by molar-refractivity contribution is -0.111. The highest BCUT2D eigenvalue weighted by atomic mass is 35.5. The van der Waals surface area contributed by atoms with Crippen LogP contribution in [0.25, 0.3) is 17.0 Å². The van der Waals surface area contributed by atoms with Crippen molar-refractivity contribution in [1.29, 1.82) is 0 Å². The molecule has 2 heterocycles. The van der Waals surface area contributed by atoms with Crippen LogP contribution in [-0.2, 0) is 4.79 Å². The normalized spacial score (nSPS) is 12.9. The van der Waals surface area contributed by atoms with E-state index in [-0.39, 0.29) is 10.9 Å². The predicted molar refractivity (Wildman–Crippen MR) is 118 cm³/mol. The maximum absolute atomic E-state index is 13.6. The lowest BCUT2D eigenvalue weighted by Gasteiger charge is -2.26. The molecule has 1 N–H and O–H groups in total. The number of carbonyl (C=O) groups is 1. The molecule has 1 aliphatic heterocycles. The fourth-order valence-corrected chi connectivity index (χ4v) is 3.41. The van der Waals surface area contributed by atoms with Crippen LogP contribution in [0.4, 0.5) is 21.6 Å². The summed E-state index contributed by atoms with van der Waals surface area (Å²) in [4.78, 5) is 24.9. The van der Waals surface area contributed by atoms with Gasteiger partial charge >= 0.3 is 0 Å². The molecule has 0 aliphatic carbocycles. The molecule has 0 saturated heterocycles. The number of carbonyl (C=O) groups excluding carboxylic acids is 1. The molecule has 0 saturated carbocycles. The molecule has 0 atom stereocenters. The van der Waals surface area contributed by atoms with Crippen molar-refractivity contribution in [1.82, 2.24) is 14.9 Å². The first-order chi connectivity index (χ1) is 14.4. The Morgan fingerprint density at radius 3 is 2.87 bits per heavy atom. The van der Waals surface area contributed by atoms with Crippen LogP contribution in [0, 0.1) is 5.82 Å². The summed E-state index contributed by atoms with van der Waals surface area (Å²) in [5.74, 6) is -0.0756. The van der Waals surface area contributed by atoms with Crippen molar-refractivity contribution in [3.8, 4) is 0 Å². The number of halogens is 2. The molecule has 2 aromatic carbocycles. The number of benzene rings is 2. The molecule has 3 aromatic rings. The van der Waals surface area contributed by atoms with Crippen LogP contribution in [-0.4, -0.2) is 41.4 Å². The fraction of sp³-hybridized carbons (Fsp3) is 0.136. The van der Waals surface area contributed by atoms with Gasteiger partial charge in [0.2, 0.25) is 5.91 Å². The third-order valence-electron chi connectivity index (χ3n) is 4.62. The average molecular weight is 424 g/mol. The Bertz CT molecular complexity index is 1190. The van der Waals surface area contributed by atoms with Crippen LogP contribution >= 0.6 is 11.6 Å². The molecular formula is C22H19ClFN5O. The van der Waals surface area contributed by atoms with Gasteiger partial charge in [0.1, 0.15) is 18.0 Å². The quantitative estimate of drug-likeness (QED) is 0.607. The zero-order chi connectivity index (χ0) is 21.3. The minimum absolute atomic E-state index is 0.0301. The number of anilines is 3. The van der Waals surface area contributed by atoms with Crippen molar-refractivity contribution in [3.05, 3.63) is 71.4 Å². The van der Waals surface area contributed by atoms with Crippen molar-refractivity contribution < 1.29 is 9.18 Å². The molecule has 0 unspecified atom stereocenters. The topological polar surface area (TPSA) is 61.4 Å². The first-order valence-corrected chi connectivity index (χ1v) is 9.64. The van der Waals surface area contributed by atoms with Crippen LogP contribution < -0.4 is 10.2 Å². The number of amides is 1. The Kier molecular flexibility index (Phi) is 5.48. The third-order valence-corrected chi connectivity index (χ3v) is 4.91. The average Bonchev–Trinajstić information content (AvgIpc) is 2.72. The summed E-state index contributed by atoms with van der Waals surface area (Å²) < 4.78 is 13.6. The van der Waals surface area contributed by atoms with Gasteiger partial charge in [0, 0.05) is 35.8 Å². The molecule has 8 heteroatoms. The van der Waals surface area contributed by atoms with Gasteiger partial charge in [-0.25, -0.2) is 14.4 Å². The summed E-state index contributed by atoms with van der Waals surface area (Å²) in [5.41, 5.74) is 2.87. The second-order valence-electron chi connectivity index (χ2n) is 7.06. The van der Waals surface area contributed by atoms with Gasteiger partial charge in [-0.2, -0.15) is 0 Å². The number of hydrogen-bond acceptors (Lipinski definition) is 5. The van der Waals surface area contributed by atoms with Crippen molar-refractivity contribution in [2.24, 2.45) is 0 Å². The Morgan fingerprint density at radius 1 is 1.27 bits per heavy atom. The van der Waals surface area contributed by atoms with E-state index in [1.54, 1.807) is 18.2 Å². The largest absolute Gasteiger partial charge is 0.322 e. The van der Waals surface area contributed by atoms with E-state index in [2.05, 4.69) is 15.3 Å². The molecule has 1 aliphatic rings. The van der Waals surface area contributed by atoms with Gasteiger partial charge in [-0.3, -0.25) is 4.79 Å². The molecule has 0 radical (unpaired) electrons. The molecule has 152 valence electrons. The molecule has 0 bridgehead atoms. The summed E-state index contributed by atoms with van der Waals surface area (Å²) in [7, 11) is 3.87. The highest BCUT2D eigenvalue weighted by molar-refractivity contribution is 6.31. The van der Waals surface area contributed by atoms with Crippen LogP contribution in [0.5, 0.6) is 0 Å². The van der Waals surface area contributed by atoms with Gasteiger partial charge in [0.15, 0.2) is 0 Å². The van der Waals surface area contributed by atoms with Gasteiger partial charge in [0.25, 0.3) is 0 Å². The third kappa shape index (κ3) is 3.90. The van der Waals surface area contributed by atoms with Crippen molar-refractivity contribution in [3.63, 3.8) is 0 Å². The lowest BCUT2D eigenvalue weighted by atomic mass is 10.0. The molecule has 0 fully saturated rings. The van der Waals surface area contributed by atoms with Crippen LogP contribution in [0.15, 0.2) is 55.0 Å². The number of nitrogens with zero attached hydrogens (tertiary/aromatic N) is 4. The van der Waals surface area contributed by atoms with Gasteiger partial charge in [-0.05, 0) is 50.5 Å². The van der Waals surface area contributed by atoms with Crippen LogP contribution in [0.3, 0.4) is 0 Å². The highest BCUT2D eigenvalue weighted by Crippen LogP contribution is 2.40. The fourth-order valence-electron chi connectivity index (χ4n) is 3.23. The molecule has 0 spiro atoms. The minimum Gasteiger partial charge on any atom is -0.322 e. The van der Waals surface area contributed by atoms with E-state index in [4.69, 9.17) is 11.6 Å². The van der Waals surface area contributed by atoms with Gasteiger partial charge in [0.05, 0.1) is 15.9 Å². The van der Waals surface area contributed by atoms with Crippen molar-refractivity contribution in [2.45, 2.75) is 0 Å². The summed E-state index contributed by atoms with van der Waals surface area (Å²) in [6.07, 6.45) is 8.46. The second kappa shape index (κ2) is 8.22. The second-order valence-corrected chi connectivity index (χ2v) is 7.46. The van der Waals surface area contributed by atoms with Crippen LogP contribution in [0.1, 0.15) is 5.56 Å². The molecular weight excluding hydrogens is 405 g/mol. The smallest absolute Gasteiger partial charge is 0.248 e. The van der Waals surface area contributed by atoms with E-state index in [9.17, 15) is 9.18 Å². The Labute approximate surface area is 178 Å². The molecule has 1 aromatic heterocycles. The summed E-state index contributed by atoms with van der Waals surface area (Å²) in [6, 6.07) is 8.14.